The number of nitrogens with zero attached hydrogens (tertiary/aromatic N) is 1. The standard InChI is InChI=1S/C24H24F3N3O3/c1-3-13-30(4-2)18-10-7-16(8-11-18)22(31)29-20-12-9-17(15-19(20)24(25,26)27)28-23(32)21-6-5-14-33-21/h5-12,14-15H,3-4,13H2,1-2H3,(H,28,32)(H,29,31). The van der Waals surface area contributed by atoms with Crippen LogP contribution in [0.3, 0.4) is 0 Å². The minimum Gasteiger partial charge on any atom is -0.459 e. The first-order chi connectivity index (χ1) is 15.7. The number of halogens is 3. The van der Waals surface area contributed by atoms with Crippen molar-refractivity contribution in [2.24, 2.45) is 0 Å². The van der Waals surface area contributed by atoms with Crippen molar-refractivity contribution in [3.05, 3.63) is 77.7 Å². The molecule has 1 aromatic heterocycles. The van der Waals surface area contributed by atoms with Crippen LogP contribution in [0.2, 0.25) is 0 Å². The van der Waals surface area contributed by atoms with Gasteiger partial charge in [-0.15, -0.1) is 0 Å². The van der Waals surface area contributed by atoms with E-state index in [1.54, 1.807) is 24.3 Å². The number of hydrogen-bond acceptors (Lipinski definition) is 4. The third-order valence-corrected chi connectivity index (χ3v) is 4.95. The summed E-state index contributed by atoms with van der Waals surface area (Å²) >= 11 is 0. The Morgan fingerprint density at radius 3 is 2.27 bits per heavy atom. The smallest absolute Gasteiger partial charge is 0.418 e. The average molecular weight is 459 g/mol. The van der Waals surface area contributed by atoms with Gasteiger partial charge in [-0.05, 0) is 67.9 Å². The van der Waals surface area contributed by atoms with E-state index in [1.165, 1.54) is 24.5 Å². The van der Waals surface area contributed by atoms with E-state index in [2.05, 4.69) is 22.5 Å². The third kappa shape index (κ3) is 5.94. The molecule has 0 aliphatic heterocycles. The van der Waals surface area contributed by atoms with Gasteiger partial charge in [0.15, 0.2) is 5.76 Å². The Morgan fingerprint density at radius 1 is 0.970 bits per heavy atom. The van der Waals surface area contributed by atoms with E-state index in [1.807, 2.05) is 6.92 Å². The molecule has 2 amide bonds. The van der Waals surface area contributed by atoms with E-state index in [9.17, 15) is 22.8 Å². The zero-order chi connectivity index (χ0) is 24.0. The predicted molar refractivity (Wildman–Crippen MR) is 121 cm³/mol. The molecule has 0 unspecified atom stereocenters. The molecule has 0 aliphatic carbocycles. The number of carbonyl (C=O) groups is 2. The summed E-state index contributed by atoms with van der Waals surface area (Å²) in [4.78, 5) is 26.8. The summed E-state index contributed by atoms with van der Waals surface area (Å²) in [7, 11) is 0. The average Bonchev–Trinajstić information content (AvgIpc) is 3.33. The van der Waals surface area contributed by atoms with Gasteiger partial charge in [-0.1, -0.05) is 6.92 Å². The van der Waals surface area contributed by atoms with E-state index >= 15 is 0 Å². The number of furan rings is 1. The number of hydrogen-bond donors (Lipinski definition) is 2. The van der Waals surface area contributed by atoms with Gasteiger partial charge in [0.25, 0.3) is 11.8 Å². The number of alkyl halides is 3. The van der Waals surface area contributed by atoms with Crippen molar-refractivity contribution in [2.45, 2.75) is 26.4 Å². The molecule has 0 saturated carbocycles. The van der Waals surface area contributed by atoms with Crippen LogP contribution < -0.4 is 15.5 Å². The van der Waals surface area contributed by atoms with Gasteiger partial charge in [-0.2, -0.15) is 13.2 Å². The summed E-state index contributed by atoms with van der Waals surface area (Å²) in [5, 5.41) is 4.68. The molecule has 0 fully saturated rings. The molecule has 3 rings (SSSR count). The van der Waals surface area contributed by atoms with Crippen LogP contribution >= 0.6 is 0 Å². The SMILES string of the molecule is CCCN(CC)c1ccc(C(=O)Nc2ccc(NC(=O)c3ccco3)cc2C(F)(F)F)cc1. The molecule has 0 spiro atoms. The summed E-state index contributed by atoms with van der Waals surface area (Å²) in [5.74, 6) is -1.39. The number of nitrogens with one attached hydrogen (secondary N) is 2. The number of carbonyl (C=O) groups excluding carboxylic acids is 2. The van der Waals surface area contributed by atoms with Crippen LogP contribution in [0, 0.1) is 0 Å². The van der Waals surface area contributed by atoms with Crippen molar-refractivity contribution >= 4 is 28.9 Å². The fraction of sp³-hybridized carbons (Fsp3) is 0.250. The summed E-state index contributed by atoms with van der Waals surface area (Å²) in [6.45, 7) is 5.75. The van der Waals surface area contributed by atoms with Gasteiger partial charge in [0.2, 0.25) is 0 Å². The summed E-state index contributed by atoms with van der Waals surface area (Å²) < 4.78 is 45.9. The lowest BCUT2D eigenvalue weighted by atomic mass is 10.1. The van der Waals surface area contributed by atoms with Crippen molar-refractivity contribution in [1.29, 1.82) is 0 Å². The van der Waals surface area contributed by atoms with E-state index in [0.717, 1.165) is 37.3 Å². The van der Waals surface area contributed by atoms with Crippen LogP contribution in [0.5, 0.6) is 0 Å². The molecular weight excluding hydrogens is 435 g/mol. The van der Waals surface area contributed by atoms with E-state index in [0.29, 0.717) is 0 Å². The predicted octanol–water partition coefficient (Wildman–Crippen LogP) is 6.04. The maximum atomic E-state index is 13.7. The van der Waals surface area contributed by atoms with E-state index in [-0.39, 0.29) is 17.0 Å². The maximum Gasteiger partial charge on any atom is 0.418 e. The zero-order valence-electron chi connectivity index (χ0n) is 18.2. The molecule has 2 aromatic carbocycles. The Labute approximate surface area is 189 Å². The second-order valence-corrected chi connectivity index (χ2v) is 7.27. The number of amides is 2. The summed E-state index contributed by atoms with van der Waals surface area (Å²) in [6, 6.07) is 12.7. The third-order valence-electron chi connectivity index (χ3n) is 4.95. The van der Waals surface area contributed by atoms with E-state index in [4.69, 9.17) is 4.42 Å². The largest absolute Gasteiger partial charge is 0.459 e. The van der Waals surface area contributed by atoms with Crippen LogP contribution in [0.1, 0.15) is 46.7 Å². The maximum absolute atomic E-state index is 13.7. The molecule has 33 heavy (non-hydrogen) atoms. The van der Waals surface area contributed by atoms with Crippen molar-refractivity contribution in [2.75, 3.05) is 28.6 Å². The molecule has 0 saturated heterocycles. The normalized spacial score (nSPS) is 11.2. The van der Waals surface area contributed by atoms with Gasteiger partial charge >= 0.3 is 6.18 Å². The van der Waals surface area contributed by atoms with Gasteiger partial charge in [-0.3, -0.25) is 9.59 Å². The van der Waals surface area contributed by atoms with Crippen LogP contribution in [0.15, 0.2) is 65.3 Å². The summed E-state index contributed by atoms with van der Waals surface area (Å²) in [6.07, 6.45) is -2.50. The molecule has 3 aromatic rings. The molecule has 0 bridgehead atoms. The molecule has 174 valence electrons. The molecule has 1 heterocycles. The molecule has 0 aliphatic rings. The lowest BCUT2D eigenvalue weighted by Crippen LogP contribution is -2.23. The van der Waals surface area contributed by atoms with Gasteiger partial charge in [0, 0.05) is 30.0 Å². The minimum absolute atomic E-state index is 0.0371. The topological polar surface area (TPSA) is 74.6 Å². The Balaban J connectivity index is 1.79. The molecule has 6 nitrogen and oxygen atoms in total. The Bertz CT molecular complexity index is 1090. The second kappa shape index (κ2) is 10.2. The number of anilines is 3. The Morgan fingerprint density at radius 2 is 1.70 bits per heavy atom. The number of rotatable bonds is 8. The molecule has 0 radical (unpaired) electrons. The fourth-order valence-corrected chi connectivity index (χ4v) is 3.32. The monoisotopic (exact) mass is 459 g/mol. The Kier molecular flexibility index (Phi) is 7.42. The highest BCUT2D eigenvalue weighted by Crippen LogP contribution is 2.37. The first kappa shape index (κ1) is 23.9. The van der Waals surface area contributed by atoms with Crippen LogP contribution in [-0.2, 0) is 6.18 Å². The van der Waals surface area contributed by atoms with Crippen LogP contribution in [0.4, 0.5) is 30.2 Å². The lowest BCUT2D eigenvalue weighted by Gasteiger charge is -2.22. The summed E-state index contributed by atoms with van der Waals surface area (Å²) in [5.41, 5.74) is -0.404. The zero-order valence-corrected chi connectivity index (χ0v) is 18.2. The molecule has 0 atom stereocenters. The quantitative estimate of drug-likeness (QED) is 0.431. The fourth-order valence-electron chi connectivity index (χ4n) is 3.32. The molecule has 2 N–H and O–H groups in total. The van der Waals surface area contributed by atoms with Crippen molar-refractivity contribution in [1.82, 2.24) is 0 Å². The van der Waals surface area contributed by atoms with Crippen LogP contribution in [0.25, 0.3) is 0 Å². The second-order valence-electron chi connectivity index (χ2n) is 7.27. The first-order valence-corrected chi connectivity index (χ1v) is 10.5. The first-order valence-electron chi connectivity index (χ1n) is 10.5. The highest BCUT2D eigenvalue weighted by Gasteiger charge is 2.34. The molecular formula is C24H24F3N3O3. The Hall–Kier alpha value is -3.75. The highest BCUT2D eigenvalue weighted by atomic mass is 19.4. The van der Waals surface area contributed by atoms with Crippen LogP contribution in [-0.4, -0.2) is 24.9 Å². The number of benzene rings is 2. The van der Waals surface area contributed by atoms with Crippen molar-refractivity contribution in [3.8, 4) is 0 Å². The molecule has 9 heteroatoms. The van der Waals surface area contributed by atoms with Gasteiger partial charge in [0.1, 0.15) is 0 Å². The van der Waals surface area contributed by atoms with Gasteiger partial charge in [-0.25, -0.2) is 0 Å². The van der Waals surface area contributed by atoms with Crippen molar-refractivity contribution in [3.63, 3.8) is 0 Å². The van der Waals surface area contributed by atoms with Crippen molar-refractivity contribution < 1.29 is 27.2 Å². The van der Waals surface area contributed by atoms with Gasteiger partial charge in [0.05, 0.1) is 17.5 Å². The highest BCUT2D eigenvalue weighted by molar-refractivity contribution is 6.05. The minimum atomic E-state index is -4.75. The van der Waals surface area contributed by atoms with E-state index < -0.39 is 29.2 Å². The van der Waals surface area contributed by atoms with Gasteiger partial charge < -0.3 is 20.0 Å². The lowest BCUT2D eigenvalue weighted by molar-refractivity contribution is -0.136.